The minimum absolute atomic E-state index is 0.0163. The van der Waals surface area contributed by atoms with Gasteiger partial charge < -0.3 is 9.30 Å². The highest BCUT2D eigenvalue weighted by molar-refractivity contribution is 7.63. The molecule has 2 aliphatic rings. The summed E-state index contributed by atoms with van der Waals surface area (Å²) >= 11 is 0. The summed E-state index contributed by atoms with van der Waals surface area (Å²) in [6.07, 6.45) is 4.43. The van der Waals surface area contributed by atoms with E-state index in [1.807, 2.05) is 43.3 Å². The summed E-state index contributed by atoms with van der Waals surface area (Å²) in [6, 6.07) is 20.4. The Bertz CT molecular complexity index is 819. The molecule has 4 rings (SSSR count). The molecular weight excluding hydrogens is 381 g/mol. The van der Waals surface area contributed by atoms with Crippen LogP contribution in [0.2, 0.25) is 0 Å². The summed E-state index contributed by atoms with van der Waals surface area (Å²) < 4.78 is 20.0. The normalized spacial score (nSPS) is 28.3. The molecule has 4 nitrogen and oxygen atoms in total. The first-order valence-corrected chi connectivity index (χ1v) is 12.6. The quantitative estimate of drug-likeness (QED) is 0.478. The average Bonchev–Trinajstić information content (AvgIpc) is 3.34. The van der Waals surface area contributed by atoms with Crippen LogP contribution in [-0.2, 0) is 14.1 Å². The van der Waals surface area contributed by atoms with Crippen molar-refractivity contribution in [1.29, 1.82) is 0 Å². The lowest BCUT2D eigenvalue weighted by atomic mass is 10.0. The van der Waals surface area contributed by atoms with Gasteiger partial charge in [0, 0.05) is 6.04 Å². The van der Waals surface area contributed by atoms with Crippen molar-refractivity contribution in [1.82, 2.24) is 5.09 Å². The molecule has 0 amide bonds. The number of hydrogen-bond acceptors (Lipinski definition) is 3. The predicted octanol–water partition coefficient (Wildman–Crippen LogP) is 5.86. The highest BCUT2D eigenvalue weighted by atomic mass is 31.2. The van der Waals surface area contributed by atoms with Crippen LogP contribution in [0.1, 0.15) is 61.5 Å². The van der Waals surface area contributed by atoms with E-state index < -0.39 is 7.29 Å². The predicted molar refractivity (Wildman–Crippen MR) is 116 cm³/mol. The highest BCUT2D eigenvalue weighted by Crippen LogP contribution is 2.74. The number of carbonyl (C=O) groups is 1. The maximum absolute atomic E-state index is 14.7. The van der Waals surface area contributed by atoms with Gasteiger partial charge in [0.2, 0.25) is 0 Å². The zero-order valence-electron chi connectivity index (χ0n) is 17.0. The first-order valence-electron chi connectivity index (χ1n) is 10.8. The van der Waals surface area contributed by atoms with Crippen molar-refractivity contribution in [2.45, 2.75) is 56.4 Å². The van der Waals surface area contributed by atoms with Crippen LogP contribution in [0.4, 0.5) is 0 Å². The van der Waals surface area contributed by atoms with Crippen LogP contribution in [0.3, 0.4) is 0 Å². The monoisotopic (exact) mass is 411 g/mol. The standard InChI is InChI=1S/C24H30NO3P/c1-2-28-24(26)20-14-9-15-21(20)25-29(27)22(18-10-5-3-6-11-18)16-17-23(29)19-12-7-4-8-13-19/h3-8,10-13,20-23H,2,9,14-17H2,1H3,(H,25,27)/t20-,21+,22+,23+/m1/s1. The lowest BCUT2D eigenvalue weighted by Crippen LogP contribution is -2.36. The molecule has 0 aromatic heterocycles. The molecule has 0 spiro atoms. The van der Waals surface area contributed by atoms with Crippen LogP contribution in [0, 0.1) is 5.92 Å². The van der Waals surface area contributed by atoms with E-state index in [0.29, 0.717) is 6.61 Å². The van der Waals surface area contributed by atoms with Gasteiger partial charge in [0.15, 0.2) is 7.29 Å². The fraction of sp³-hybridized carbons (Fsp3) is 0.458. The molecule has 1 N–H and O–H groups in total. The van der Waals surface area contributed by atoms with E-state index in [1.165, 1.54) is 0 Å². The minimum Gasteiger partial charge on any atom is -0.466 e. The van der Waals surface area contributed by atoms with E-state index in [1.54, 1.807) is 0 Å². The lowest BCUT2D eigenvalue weighted by molar-refractivity contribution is -0.148. The van der Waals surface area contributed by atoms with E-state index in [0.717, 1.165) is 43.2 Å². The van der Waals surface area contributed by atoms with Gasteiger partial charge in [-0.25, -0.2) is 0 Å². The first kappa shape index (κ1) is 20.4. The minimum atomic E-state index is -2.84. The molecule has 5 heteroatoms. The van der Waals surface area contributed by atoms with Gasteiger partial charge in [-0.2, -0.15) is 0 Å². The first-order chi connectivity index (χ1) is 14.1. The molecule has 154 valence electrons. The van der Waals surface area contributed by atoms with Gasteiger partial charge in [0.1, 0.15) is 0 Å². The van der Waals surface area contributed by atoms with Gasteiger partial charge in [-0.3, -0.25) is 9.88 Å². The summed E-state index contributed by atoms with van der Waals surface area (Å²) in [6.45, 7) is 2.23. The van der Waals surface area contributed by atoms with Gasteiger partial charge in [0.25, 0.3) is 0 Å². The molecule has 2 aromatic rings. The molecule has 0 radical (unpaired) electrons. The second-order valence-corrected chi connectivity index (χ2v) is 11.1. The Morgan fingerprint density at radius 2 is 1.48 bits per heavy atom. The molecule has 1 saturated heterocycles. The number of nitrogens with one attached hydrogen (secondary N) is 1. The molecule has 0 unspecified atom stereocenters. The Morgan fingerprint density at radius 1 is 0.931 bits per heavy atom. The van der Waals surface area contributed by atoms with E-state index >= 15 is 0 Å². The molecule has 29 heavy (non-hydrogen) atoms. The molecule has 4 atom stereocenters. The summed E-state index contributed by atoms with van der Waals surface area (Å²) in [7, 11) is -2.84. The maximum atomic E-state index is 14.7. The fourth-order valence-electron chi connectivity index (χ4n) is 5.13. The highest BCUT2D eigenvalue weighted by Gasteiger charge is 2.50. The van der Waals surface area contributed by atoms with Crippen molar-refractivity contribution in [3.63, 3.8) is 0 Å². The summed E-state index contributed by atoms with van der Waals surface area (Å²) in [5.41, 5.74) is 2.23. The largest absolute Gasteiger partial charge is 0.466 e. The number of ether oxygens (including phenoxy) is 1. The molecule has 2 fully saturated rings. The molecule has 2 aromatic carbocycles. The van der Waals surface area contributed by atoms with Gasteiger partial charge in [0.05, 0.1) is 23.8 Å². The Labute approximate surface area is 173 Å². The second-order valence-electron chi connectivity index (χ2n) is 8.16. The third kappa shape index (κ3) is 4.06. The summed E-state index contributed by atoms with van der Waals surface area (Å²) in [5.74, 6) is -0.352. The lowest BCUT2D eigenvalue weighted by Gasteiger charge is -2.32. The third-order valence-electron chi connectivity index (χ3n) is 6.48. The van der Waals surface area contributed by atoms with Crippen LogP contribution in [0.5, 0.6) is 0 Å². The Hall–Kier alpha value is -1.90. The smallest absolute Gasteiger partial charge is 0.310 e. The van der Waals surface area contributed by atoms with E-state index in [2.05, 4.69) is 29.4 Å². The van der Waals surface area contributed by atoms with Crippen molar-refractivity contribution in [3.05, 3.63) is 71.8 Å². The van der Waals surface area contributed by atoms with Crippen molar-refractivity contribution >= 4 is 13.3 Å². The third-order valence-corrected chi connectivity index (χ3v) is 10.2. The van der Waals surface area contributed by atoms with Gasteiger partial charge in [-0.1, -0.05) is 67.1 Å². The zero-order chi connectivity index (χ0) is 20.3. The van der Waals surface area contributed by atoms with Crippen LogP contribution >= 0.6 is 7.29 Å². The Kier molecular flexibility index (Phi) is 6.22. The van der Waals surface area contributed by atoms with Crippen molar-refractivity contribution in [3.8, 4) is 0 Å². The van der Waals surface area contributed by atoms with Crippen LogP contribution < -0.4 is 5.09 Å². The van der Waals surface area contributed by atoms with Crippen LogP contribution in [0.15, 0.2) is 60.7 Å². The molecular formula is C24H30NO3P. The van der Waals surface area contributed by atoms with Crippen LogP contribution in [0.25, 0.3) is 0 Å². The van der Waals surface area contributed by atoms with Crippen LogP contribution in [-0.4, -0.2) is 18.6 Å². The number of carbonyl (C=O) groups excluding carboxylic acids is 1. The maximum Gasteiger partial charge on any atom is 0.310 e. The molecule has 1 aliphatic carbocycles. The molecule has 0 bridgehead atoms. The number of benzene rings is 2. The van der Waals surface area contributed by atoms with Crippen molar-refractivity contribution < 1.29 is 14.1 Å². The van der Waals surface area contributed by atoms with E-state index in [-0.39, 0.29) is 29.2 Å². The molecule has 1 heterocycles. The number of hydrogen-bond donors (Lipinski definition) is 1. The SMILES string of the molecule is CCOC(=O)[C@@H]1CCC[C@@H]1NP1(=O)[C@H](c2ccccc2)CC[C@H]1c1ccccc1. The summed E-state index contributed by atoms with van der Waals surface area (Å²) in [4.78, 5) is 12.5. The van der Waals surface area contributed by atoms with Gasteiger partial charge >= 0.3 is 5.97 Å². The zero-order valence-corrected chi connectivity index (χ0v) is 17.9. The van der Waals surface area contributed by atoms with Gasteiger partial charge in [-0.05, 0) is 43.7 Å². The van der Waals surface area contributed by atoms with Crippen molar-refractivity contribution in [2.75, 3.05) is 6.61 Å². The average molecular weight is 411 g/mol. The molecule has 1 saturated carbocycles. The summed E-state index contributed by atoms with van der Waals surface area (Å²) in [5, 5.41) is 3.60. The molecule has 1 aliphatic heterocycles. The Morgan fingerprint density at radius 3 is 2.00 bits per heavy atom. The van der Waals surface area contributed by atoms with E-state index in [4.69, 9.17) is 4.74 Å². The van der Waals surface area contributed by atoms with Crippen molar-refractivity contribution in [2.24, 2.45) is 5.92 Å². The van der Waals surface area contributed by atoms with Gasteiger partial charge in [-0.15, -0.1) is 0 Å². The van der Waals surface area contributed by atoms with E-state index in [9.17, 15) is 9.36 Å². The fourth-order valence-corrected chi connectivity index (χ4v) is 9.05. The Balaban J connectivity index is 1.67. The number of rotatable bonds is 6. The number of esters is 1. The topological polar surface area (TPSA) is 55.4 Å². The second kappa shape index (κ2) is 8.85.